The van der Waals surface area contributed by atoms with Crippen molar-refractivity contribution in [1.82, 2.24) is 0 Å². The van der Waals surface area contributed by atoms with Crippen LogP contribution in [0, 0.1) is 0 Å². The summed E-state index contributed by atoms with van der Waals surface area (Å²) in [6.07, 6.45) is 5.93. The Morgan fingerprint density at radius 1 is 1.09 bits per heavy atom. The number of amidine groups is 1. The van der Waals surface area contributed by atoms with Crippen molar-refractivity contribution in [1.29, 1.82) is 0 Å². The van der Waals surface area contributed by atoms with Crippen molar-refractivity contribution in [2.24, 2.45) is 10.9 Å². The van der Waals surface area contributed by atoms with Gasteiger partial charge in [0, 0.05) is 0 Å². The van der Waals surface area contributed by atoms with Gasteiger partial charge in [0.25, 0.3) is 0 Å². The van der Waals surface area contributed by atoms with E-state index in [-0.39, 0.29) is 5.84 Å². The minimum atomic E-state index is 0.0813. The number of hydrogen-bond donors (Lipinski definition) is 2. The van der Waals surface area contributed by atoms with Crippen LogP contribution in [-0.4, -0.2) is 17.6 Å². The van der Waals surface area contributed by atoms with Gasteiger partial charge in [-0.1, -0.05) is 68.1 Å². The lowest BCUT2D eigenvalue weighted by Crippen LogP contribution is -2.15. The number of unbranched alkanes of at least 4 members (excludes halogenated alkanes) is 4. The second kappa shape index (κ2) is 8.27. The summed E-state index contributed by atoms with van der Waals surface area (Å²) >= 11 is 0. The zero-order valence-corrected chi connectivity index (χ0v) is 13.1. The molecule has 0 heterocycles. The van der Waals surface area contributed by atoms with Gasteiger partial charge in [-0.2, -0.15) is 0 Å². The Morgan fingerprint density at radius 2 is 1.86 bits per heavy atom. The molecule has 0 saturated heterocycles. The third-order valence-corrected chi connectivity index (χ3v) is 3.76. The van der Waals surface area contributed by atoms with E-state index in [9.17, 15) is 0 Å². The highest BCUT2D eigenvalue weighted by Gasteiger charge is 2.13. The molecule has 0 aromatic heterocycles. The van der Waals surface area contributed by atoms with Crippen molar-refractivity contribution in [3.05, 3.63) is 42.0 Å². The third-order valence-electron chi connectivity index (χ3n) is 3.76. The molecule has 4 nitrogen and oxygen atoms in total. The molecule has 118 valence electrons. The van der Waals surface area contributed by atoms with Crippen LogP contribution in [0.25, 0.3) is 10.8 Å². The van der Waals surface area contributed by atoms with E-state index in [4.69, 9.17) is 15.7 Å². The number of hydrogen-bond acceptors (Lipinski definition) is 3. The SMILES string of the molecule is CCCCCCCOc1ccc2ccccc2c1/C(N)=N/O. The summed E-state index contributed by atoms with van der Waals surface area (Å²) in [7, 11) is 0. The normalized spacial score (nSPS) is 11.8. The van der Waals surface area contributed by atoms with Gasteiger partial charge in [0.2, 0.25) is 0 Å². The fraction of sp³-hybridized carbons (Fsp3) is 0.389. The molecule has 0 bridgehead atoms. The van der Waals surface area contributed by atoms with Crippen molar-refractivity contribution in [2.75, 3.05) is 6.61 Å². The summed E-state index contributed by atoms with van der Waals surface area (Å²) in [4.78, 5) is 0. The van der Waals surface area contributed by atoms with Crippen LogP contribution in [0.3, 0.4) is 0 Å². The molecule has 0 aliphatic heterocycles. The summed E-state index contributed by atoms with van der Waals surface area (Å²) in [6.45, 7) is 2.85. The lowest BCUT2D eigenvalue weighted by atomic mass is 10.0. The molecule has 2 aromatic rings. The van der Waals surface area contributed by atoms with E-state index in [1.165, 1.54) is 25.7 Å². The van der Waals surface area contributed by atoms with Crippen LogP contribution in [0.5, 0.6) is 5.75 Å². The standard InChI is InChI=1S/C18H24N2O2/c1-2-3-4-5-8-13-22-16-12-11-14-9-6-7-10-15(14)17(16)18(19)20-21/h6-7,9-12,21H,2-5,8,13H2,1H3,(H2,19,20). The maximum absolute atomic E-state index is 9.05. The first kappa shape index (κ1) is 16.1. The number of benzene rings is 2. The number of ether oxygens (including phenoxy) is 1. The van der Waals surface area contributed by atoms with Gasteiger partial charge in [0.05, 0.1) is 12.2 Å². The molecule has 4 heteroatoms. The third kappa shape index (κ3) is 3.91. The number of nitrogens with zero attached hydrogens (tertiary/aromatic N) is 1. The Bertz CT molecular complexity index is 638. The molecule has 0 atom stereocenters. The fourth-order valence-corrected chi connectivity index (χ4v) is 2.57. The second-order valence-corrected chi connectivity index (χ2v) is 5.41. The van der Waals surface area contributed by atoms with Crippen molar-refractivity contribution in [3.8, 4) is 5.75 Å². The van der Waals surface area contributed by atoms with Gasteiger partial charge < -0.3 is 15.7 Å². The molecule has 2 rings (SSSR count). The summed E-state index contributed by atoms with van der Waals surface area (Å²) in [5.74, 6) is 0.752. The van der Waals surface area contributed by atoms with E-state index in [1.807, 2.05) is 36.4 Å². The molecule has 2 aromatic carbocycles. The molecular formula is C18H24N2O2. The van der Waals surface area contributed by atoms with Gasteiger partial charge in [-0.25, -0.2) is 0 Å². The number of rotatable bonds is 8. The van der Waals surface area contributed by atoms with Crippen molar-refractivity contribution in [3.63, 3.8) is 0 Å². The molecule has 0 saturated carbocycles. The first-order chi connectivity index (χ1) is 10.8. The van der Waals surface area contributed by atoms with E-state index < -0.39 is 0 Å². The average molecular weight is 300 g/mol. The smallest absolute Gasteiger partial charge is 0.174 e. The average Bonchev–Trinajstić information content (AvgIpc) is 2.56. The Hall–Kier alpha value is -2.23. The monoisotopic (exact) mass is 300 g/mol. The Morgan fingerprint density at radius 3 is 2.64 bits per heavy atom. The summed E-state index contributed by atoms with van der Waals surface area (Å²) < 4.78 is 5.88. The van der Waals surface area contributed by atoms with E-state index in [0.29, 0.717) is 17.9 Å². The van der Waals surface area contributed by atoms with Crippen LogP contribution in [0.4, 0.5) is 0 Å². The van der Waals surface area contributed by atoms with Gasteiger partial charge in [-0.3, -0.25) is 0 Å². The zero-order valence-electron chi connectivity index (χ0n) is 13.1. The molecule has 0 unspecified atom stereocenters. The Balaban J connectivity index is 2.15. The maximum atomic E-state index is 9.05. The van der Waals surface area contributed by atoms with Gasteiger partial charge in [0.1, 0.15) is 5.75 Å². The van der Waals surface area contributed by atoms with Crippen LogP contribution in [0.1, 0.15) is 44.6 Å². The van der Waals surface area contributed by atoms with Crippen LogP contribution in [0.2, 0.25) is 0 Å². The molecule has 3 N–H and O–H groups in total. The van der Waals surface area contributed by atoms with E-state index in [1.54, 1.807) is 0 Å². The molecular weight excluding hydrogens is 276 g/mol. The topological polar surface area (TPSA) is 67.8 Å². The van der Waals surface area contributed by atoms with Crippen molar-refractivity contribution >= 4 is 16.6 Å². The predicted octanol–water partition coefficient (Wildman–Crippen LogP) is 4.28. The van der Waals surface area contributed by atoms with Crippen molar-refractivity contribution in [2.45, 2.75) is 39.0 Å². The highest BCUT2D eigenvalue weighted by atomic mass is 16.5. The minimum Gasteiger partial charge on any atom is -0.493 e. The van der Waals surface area contributed by atoms with Gasteiger partial charge in [-0.15, -0.1) is 0 Å². The number of oxime groups is 1. The second-order valence-electron chi connectivity index (χ2n) is 5.41. The van der Waals surface area contributed by atoms with Crippen LogP contribution >= 0.6 is 0 Å². The first-order valence-corrected chi connectivity index (χ1v) is 7.90. The maximum Gasteiger partial charge on any atom is 0.174 e. The molecule has 0 aliphatic rings. The van der Waals surface area contributed by atoms with E-state index in [0.717, 1.165) is 17.2 Å². The lowest BCUT2D eigenvalue weighted by molar-refractivity contribution is 0.302. The van der Waals surface area contributed by atoms with Crippen LogP contribution < -0.4 is 10.5 Å². The lowest BCUT2D eigenvalue weighted by Gasteiger charge is -2.13. The Labute approximate surface area is 131 Å². The molecule has 0 spiro atoms. The highest BCUT2D eigenvalue weighted by Crippen LogP contribution is 2.28. The van der Waals surface area contributed by atoms with Gasteiger partial charge >= 0.3 is 0 Å². The molecule has 0 amide bonds. The van der Waals surface area contributed by atoms with Gasteiger partial charge in [-0.05, 0) is 23.3 Å². The van der Waals surface area contributed by atoms with Gasteiger partial charge in [0.15, 0.2) is 5.84 Å². The molecule has 22 heavy (non-hydrogen) atoms. The predicted molar refractivity (Wildman–Crippen MR) is 90.7 cm³/mol. The van der Waals surface area contributed by atoms with E-state index >= 15 is 0 Å². The minimum absolute atomic E-state index is 0.0813. The summed E-state index contributed by atoms with van der Waals surface area (Å²) in [6, 6.07) is 11.7. The van der Waals surface area contributed by atoms with Crippen LogP contribution in [-0.2, 0) is 0 Å². The largest absolute Gasteiger partial charge is 0.493 e. The number of fused-ring (bicyclic) bond motifs is 1. The Kier molecular flexibility index (Phi) is 6.07. The summed E-state index contributed by atoms with van der Waals surface area (Å²) in [5, 5.41) is 14.2. The van der Waals surface area contributed by atoms with Crippen LogP contribution in [0.15, 0.2) is 41.6 Å². The van der Waals surface area contributed by atoms with E-state index in [2.05, 4.69) is 12.1 Å². The molecule has 0 fully saturated rings. The number of nitrogens with two attached hydrogens (primary N) is 1. The first-order valence-electron chi connectivity index (χ1n) is 7.90. The fourth-order valence-electron chi connectivity index (χ4n) is 2.57. The summed E-state index contributed by atoms with van der Waals surface area (Å²) in [5.41, 5.74) is 6.51. The van der Waals surface area contributed by atoms with Crippen molar-refractivity contribution < 1.29 is 9.94 Å². The zero-order chi connectivity index (χ0) is 15.8. The quantitative estimate of drug-likeness (QED) is 0.251. The molecule has 0 radical (unpaired) electrons. The highest BCUT2D eigenvalue weighted by molar-refractivity contribution is 6.11. The molecule has 0 aliphatic carbocycles.